The van der Waals surface area contributed by atoms with Gasteiger partial charge in [-0.25, -0.2) is 4.79 Å². The van der Waals surface area contributed by atoms with Crippen LogP contribution in [0, 0.1) is 5.92 Å². The topological polar surface area (TPSA) is 75.6 Å². The first-order chi connectivity index (χ1) is 7.65. The molecule has 99 valence electrons. The van der Waals surface area contributed by atoms with Crippen molar-refractivity contribution in [1.82, 2.24) is 5.32 Å². The Bertz CT molecular complexity index is 258. The third kappa shape index (κ3) is 7.74. The zero-order valence-electron chi connectivity index (χ0n) is 11.1. The first-order valence-electron chi connectivity index (χ1n) is 5.71. The van der Waals surface area contributed by atoms with Gasteiger partial charge in [0, 0.05) is 0 Å². The van der Waals surface area contributed by atoms with Gasteiger partial charge < -0.3 is 15.2 Å². The highest BCUT2D eigenvalue weighted by atomic mass is 16.6. The van der Waals surface area contributed by atoms with Gasteiger partial charge in [0.1, 0.15) is 11.7 Å². The number of aliphatic hydroxyl groups excluding tert-OH is 1. The van der Waals surface area contributed by atoms with Gasteiger partial charge in [-0.3, -0.25) is 4.79 Å². The Morgan fingerprint density at radius 2 is 1.94 bits per heavy atom. The summed E-state index contributed by atoms with van der Waals surface area (Å²) in [6.07, 6.45) is -0.0144. The molecule has 2 atom stereocenters. The molecule has 1 unspecified atom stereocenters. The van der Waals surface area contributed by atoms with Gasteiger partial charge in [0.15, 0.2) is 0 Å². The van der Waals surface area contributed by atoms with Crippen molar-refractivity contribution in [2.24, 2.45) is 5.92 Å². The van der Waals surface area contributed by atoms with E-state index in [1.807, 2.05) is 13.8 Å². The standard InChI is InChI=1S/C12H22NO4/c1-8(2)6-9(10(15)7-14)13-11(16)17-12(3,4)5/h8-10,15H,6H2,1-5H3,(H,13,16)/t9-,10?/m1/s1. The summed E-state index contributed by atoms with van der Waals surface area (Å²) in [6, 6.07) is -0.664. The van der Waals surface area contributed by atoms with E-state index in [9.17, 15) is 14.7 Å². The predicted molar refractivity (Wildman–Crippen MR) is 64.3 cm³/mol. The fourth-order valence-electron chi connectivity index (χ4n) is 1.32. The summed E-state index contributed by atoms with van der Waals surface area (Å²) in [5, 5.41) is 11.9. The number of hydrogen-bond donors (Lipinski definition) is 2. The van der Waals surface area contributed by atoms with Crippen LogP contribution in [0.25, 0.3) is 0 Å². The second kappa shape index (κ2) is 6.59. The third-order valence-corrected chi connectivity index (χ3v) is 1.93. The summed E-state index contributed by atoms with van der Waals surface area (Å²) in [5.41, 5.74) is -0.609. The van der Waals surface area contributed by atoms with E-state index >= 15 is 0 Å². The van der Waals surface area contributed by atoms with E-state index in [0.29, 0.717) is 6.42 Å². The maximum Gasteiger partial charge on any atom is 0.407 e. The highest BCUT2D eigenvalue weighted by molar-refractivity contribution is 5.69. The van der Waals surface area contributed by atoms with E-state index in [1.54, 1.807) is 20.8 Å². The number of alkyl carbamates (subject to hydrolysis) is 1. The molecule has 17 heavy (non-hydrogen) atoms. The van der Waals surface area contributed by atoms with Crippen LogP contribution in [0.3, 0.4) is 0 Å². The van der Waals surface area contributed by atoms with Crippen molar-refractivity contribution < 1.29 is 19.4 Å². The SMILES string of the molecule is CC(C)C[C@@H](NC(=O)OC(C)(C)C)C(O)[C]=O. The van der Waals surface area contributed by atoms with Crippen LogP contribution in [0.1, 0.15) is 41.0 Å². The lowest BCUT2D eigenvalue weighted by Crippen LogP contribution is -2.46. The van der Waals surface area contributed by atoms with Crippen LogP contribution in [0.15, 0.2) is 0 Å². The molecule has 0 spiro atoms. The molecule has 1 amide bonds. The minimum Gasteiger partial charge on any atom is -0.444 e. The average Bonchev–Trinajstić information content (AvgIpc) is 2.11. The zero-order valence-corrected chi connectivity index (χ0v) is 11.1. The van der Waals surface area contributed by atoms with E-state index in [0.717, 1.165) is 0 Å². The Balaban J connectivity index is 4.42. The van der Waals surface area contributed by atoms with Crippen molar-refractivity contribution in [3.8, 4) is 0 Å². The Morgan fingerprint density at radius 3 is 2.29 bits per heavy atom. The highest BCUT2D eigenvalue weighted by Gasteiger charge is 2.25. The molecule has 0 aliphatic carbocycles. The number of amides is 1. The number of nitrogens with one attached hydrogen (secondary N) is 1. The van der Waals surface area contributed by atoms with Crippen molar-refractivity contribution in [3.63, 3.8) is 0 Å². The van der Waals surface area contributed by atoms with Crippen LogP contribution in [0.5, 0.6) is 0 Å². The van der Waals surface area contributed by atoms with Gasteiger partial charge in [-0.05, 0) is 33.1 Å². The number of rotatable bonds is 5. The smallest absolute Gasteiger partial charge is 0.407 e. The average molecular weight is 244 g/mol. The van der Waals surface area contributed by atoms with E-state index in [1.165, 1.54) is 6.29 Å². The molecule has 0 rings (SSSR count). The molecular weight excluding hydrogens is 222 g/mol. The first-order valence-corrected chi connectivity index (χ1v) is 5.71. The van der Waals surface area contributed by atoms with Gasteiger partial charge in [-0.2, -0.15) is 0 Å². The summed E-state index contributed by atoms with van der Waals surface area (Å²) in [5.74, 6) is 0.234. The minimum absolute atomic E-state index is 0.234. The molecule has 0 fully saturated rings. The third-order valence-electron chi connectivity index (χ3n) is 1.93. The molecular formula is C12H22NO4. The fraction of sp³-hybridized carbons (Fsp3) is 0.833. The van der Waals surface area contributed by atoms with Gasteiger partial charge in [-0.1, -0.05) is 13.8 Å². The van der Waals surface area contributed by atoms with Gasteiger partial charge >= 0.3 is 6.09 Å². The van der Waals surface area contributed by atoms with Crippen molar-refractivity contribution >= 4 is 12.4 Å². The van der Waals surface area contributed by atoms with E-state index in [-0.39, 0.29) is 5.92 Å². The first kappa shape index (κ1) is 15.9. The summed E-state index contributed by atoms with van der Waals surface area (Å²) in [4.78, 5) is 21.9. The quantitative estimate of drug-likeness (QED) is 0.766. The van der Waals surface area contributed by atoms with Crippen molar-refractivity contribution in [2.45, 2.75) is 58.8 Å². The molecule has 0 aromatic rings. The Labute approximate surface area is 103 Å². The molecule has 0 aromatic carbocycles. The molecule has 0 aromatic heterocycles. The number of aliphatic hydroxyl groups is 1. The lowest BCUT2D eigenvalue weighted by atomic mass is 10.00. The lowest BCUT2D eigenvalue weighted by Gasteiger charge is -2.25. The Hall–Kier alpha value is -1.10. The number of hydrogen-bond acceptors (Lipinski definition) is 4. The maximum atomic E-state index is 11.5. The normalized spacial score (nSPS) is 15.2. The molecule has 2 N–H and O–H groups in total. The molecule has 5 heteroatoms. The van der Waals surface area contributed by atoms with Crippen LogP contribution < -0.4 is 5.32 Å². The van der Waals surface area contributed by atoms with Gasteiger partial charge in [0.25, 0.3) is 0 Å². The molecule has 0 heterocycles. The van der Waals surface area contributed by atoms with Crippen LogP contribution in [0.2, 0.25) is 0 Å². The monoisotopic (exact) mass is 244 g/mol. The number of carbonyl (C=O) groups excluding carboxylic acids is 2. The highest BCUT2D eigenvalue weighted by Crippen LogP contribution is 2.10. The van der Waals surface area contributed by atoms with Crippen molar-refractivity contribution in [1.29, 1.82) is 0 Å². The molecule has 5 nitrogen and oxygen atoms in total. The van der Waals surface area contributed by atoms with Crippen molar-refractivity contribution in [2.75, 3.05) is 0 Å². The number of ether oxygens (including phenoxy) is 1. The Kier molecular flexibility index (Phi) is 6.16. The number of carbonyl (C=O) groups is 1. The summed E-state index contributed by atoms with van der Waals surface area (Å²) in [6.45, 7) is 9.09. The minimum atomic E-state index is -1.33. The second-order valence-electron chi connectivity index (χ2n) is 5.44. The zero-order chi connectivity index (χ0) is 13.6. The van der Waals surface area contributed by atoms with Gasteiger partial charge in [0.2, 0.25) is 6.29 Å². The van der Waals surface area contributed by atoms with Crippen LogP contribution in [-0.4, -0.2) is 35.2 Å². The molecule has 0 saturated carbocycles. The molecule has 1 radical (unpaired) electrons. The summed E-state index contributed by atoms with van der Waals surface area (Å²) >= 11 is 0. The fourth-order valence-corrected chi connectivity index (χ4v) is 1.32. The van der Waals surface area contributed by atoms with Crippen LogP contribution >= 0.6 is 0 Å². The Morgan fingerprint density at radius 1 is 1.41 bits per heavy atom. The van der Waals surface area contributed by atoms with Gasteiger partial charge in [-0.15, -0.1) is 0 Å². The summed E-state index contributed by atoms with van der Waals surface area (Å²) in [7, 11) is 0. The van der Waals surface area contributed by atoms with Crippen molar-refractivity contribution in [3.05, 3.63) is 0 Å². The van der Waals surface area contributed by atoms with E-state index < -0.39 is 23.8 Å². The lowest BCUT2D eigenvalue weighted by molar-refractivity contribution is 0.0451. The summed E-state index contributed by atoms with van der Waals surface area (Å²) < 4.78 is 5.05. The van der Waals surface area contributed by atoms with Crippen LogP contribution in [0.4, 0.5) is 4.79 Å². The predicted octanol–water partition coefficient (Wildman–Crippen LogP) is 1.40. The van der Waals surface area contributed by atoms with Gasteiger partial charge in [0.05, 0.1) is 6.04 Å². The van der Waals surface area contributed by atoms with Crippen LogP contribution in [-0.2, 0) is 9.53 Å². The second-order valence-corrected chi connectivity index (χ2v) is 5.44. The largest absolute Gasteiger partial charge is 0.444 e. The molecule has 0 bridgehead atoms. The molecule has 0 aliphatic rings. The molecule has 0 saturated heterocycles. The van der Waals surface area contributed by atoms with E-state index in [2.05, 4.69) is 5.32 Å². The maximum absolute atomic E-state index is 11.5. The van der Waals surface area contributed by atoms with E-state index in [4.69, 9.17) is 4.74 Å². The molecule has 0 aliphatic heterocycles.